The van der Waals surface area contributed by atoms with E-state index in [1.165, 1.54) is 12.1 Å². The average Bonchev–Trinajstić information content (AvgIpc) is 2.91. The number of para-hydroxylation sites is 1. The molecule has 7 heteroatoms. The van der Waals surface area contributed by atoms with Crippen molar-refractivity contribution in [2.75, 3.05) is 0 Å². The molecule has 2 aromatic carbocycles. The molecule has 122 valence electrons. The summed E-state index contributed by atoms with van der Waals surface area (Å²) in [4.78, 5) is 24.3. The van der Waals surface area contributed by atoms with Crippen molar-refractivity contribution in [3.8, 4) is 0 Å². The van der Waals surface area contributed by atoms with Crippen molar-refractivity contribution in [2.24, 2.45) is 0 Å². The smallest absolute Gasteiger partial charge is 0.305 e. The lowest BCUT2D eigenvalue weighted by atomic mass is 10.1. The van der Waals surface area contributed by atoms with Gasteiger partial charge in [0.25, 0.3) is 5.91 Å². The minimum Gasteiger partial charge on any atom is -0.447 e. The van der Waals surface area contributed by atoms with E-state index in [2.05, 4.69) is 26.8 Å². The van der Waals surface area contributed by atoms with Crippen LogP contribution in [0.1, 0.15) is 26.5 Å². The molecular formula is C17H12BrFN2O3. The van der Waals surface area contributed by atoms with E-state index in [1.54, 1.807) is 37.3 Å². The van der Waals surface area contributed by atoms with E-state index in [4.69, 9.17) is 4.42 Å². The monoisotopic (exact) mass is 390 g/mol. The van der Waals surface area contributed by atoms with Gasteiger partial charge in [-0.25, -0.2) is 4.39 Å². The maximum atomic E-state index is 13.7. The summed E-state index contributed by atoms with van der Waals surface area (Å²) in [6.07, 6.45) is 0. The molecule has 24 heavy (non-hydrogen) atoms. The largest absolute Gasteiger partial charge is 0.447 e. The number of carbonyl (C=O) groups excluding carboxylic acids is 2. The standard InChI is InChI=1S/C17H12BrFN2O3/c1-9-10-6-4-8-13(19)15(10)24-14(9)17(23)21-20-16(22)11-5-2-3-7-12(11)18/h2-8H,1H3,(H,20,22)(H,21,23). The predicted octanol–water partition coefficient (Wildman–Crippen LogP) is 3.72. The van der Waals surface area contributed by atoms with E-state index in [1.807, 2.05) is 0 Å². The molecule has 0 atom stereocenters. The fraction of sp³-hybridized carbons (Fsp3) is 0.0588. The number of rotatable bonds is 2. The first-order valence-corrected chi connectivity index (χ1v) is 7.81. The Morgan fingerprint density at radius 2 is 1.75 bits per heavy atom. The minimum atomic E-state index is -0.663. The number of furan rings is 1. The summed E-state index contributed by atoms with van der Waals surface area (Å²) in [5.74, 6) is -1.76. The maximum Gasteiger partial charge on any atom is 0.305 e. The molecule has 0 saturated heterocycles. The SMILES string of the molecule is Cc1c(C(=O)NNC(=O)c2ccccc2Br)oc2c(F)cccc12. The highest BCUT2D eigenvalue weighted by atomic mass is 79.9. The molecule has 1 aromatic heterocycles. The molecular weight excluding hydrogens is 379 g/mol. The fourth-order valence-electron chi connectivity index (χ4n) is 2.31. The Hall–Kier alpha value is -2.67. The Bertz CT molecular complexity index is 952. The molecule has 0 fully saturated rings. The van der Waals surface area contributed by atoms with Gasteiger partial charge in [0.1, 0.15) is 0 Å². The van der Waals surface area contributed by atoms with Gasteiger partial charge in [0.05, 0.1) is 5.56 Å². The van der Waals surface area contributed by atoms with Crippen LogP contribution >= 0.6 is 15.9 Å². The summed E-state index contributed by atoms with van der Waals surface area (Å²) in [6.45, 7) is 1.65. The lowest BCUT2D eigenvalue weighted by Crippen LogP contribution is -2.41. The fourth-order valence-corrected chi connectivity index (χ4v) is 2.77. The third-order valence-electron chi connectivity index (χ3n) is 3.53. The Morgan fingerprint density at radius 1 is 1.04 bits per heavy atom. The van der Waals surface area contributed by atoms with Crippen molar-refractivity contribution in [1.82, 2.24) is 10.9 Å². The molecule has 3 rings (SSSR count). The summed E-state index contributed by atoms with van der Waals surface area (Å²) in [5.41, 5.74) is 5.45. The van der Waals surface area contributed by atoms with Crippen LogP contribution in [0.2, 0.25) is 0 Å². The Balaban J connectivity index is 1.79. The van der Waals surface area contributed by atoms with E-state index >= 15 is 0 Å². The Labute approximate surface area is 144 Å². The van der Waals surface area contributed by atoms with Gasteiger partial charge in [0.2, 0.25) is 0 Å². The molecule has 0 spiro atoms. The van der Waals surface area contributed by atoms with Crippen LogP contribution in [0.5, 0.6) is 0 Å². The van der Waals surface area contributed by atoms with E-state index in [9.17, 15) is 14.0 Å². The molecule has 0 aliphatic carbocycles. The molecule has 0 aliphatic heterocycles. The number of benzene rings is 2. The minimum absolute atomic E-state index is 0.0114. The summed E-state index contributed by atoms with van der Waals surface area (Å²) in [6, 6.07) is 11.2. The molecule has 3 aromatic rings. The van der Waals surface area contributed by atoms with Gasteiger partial charge in [0.15, 0.2) is 17.2 Å². The van der Waals surface area contributed by atoms with Crippen molar-refractivity contribution < 1.29 is 18.4 Å². The summed E-state index contributed by atoms with van der Waals surface area (Å²) >= 11 is 3.26. The number of halogens is 2. The number of hydrogen-bond acceptors (Lipinski definition) is 3. The molecule has 5 nitrogen and oxygen atoms in total. The first-order chi connectivity index (χ1) is 11.5. The zero-order chi connectivity index (χ0) is 17.3. The zero-order valence-corrected chi connectivity index (χ0v) is 14.1. The van der Waals surface area contributed by atoms with Gasteiger partial charge < -0.3 is 4.42 Å². The van der Waals surface area contributed by atoms with Crippen LogP contribution in [0.4, 0.5) is 4.39 Å². The van der Waals surface area contributed by atoms with Crippen molar-refractivity contribution in [3.05, 3.63) is 69.6 Å². The van der Waals surface area contributed by atoms with Gasteiger partial charge in [-0.2, -0.15) is 0 Å². The van der Waals surface area contributed by atoms with Gasteiger partial charge in [-0.3, -0.25) is 20.4 Å². The van der Waals surface area contributed by atoms with Crippen LogP contribution in [-0.2, 0) is 0 Å². The van der Waals surface area contributed by atoms with Gasteiger partial charge in [0, 0.05) is 15.4 Å². The van der Waals surface area contributed by atoms with Crippen molar-refractivity contribution in [3.63, 3.8) is 0 Å². The molecule has 0 saturated carbocycles. The number of fused-ring (bicyclic) bond motifs is 1. The zero-order valence-electron chi connectivity index (χ0n) is 12.5. The summed E-state index contributed by atoms with van der Waals surface area (Å²) in [7, 11) is 0. The molecule has 0 bridgehead atoms. The van der Waals surface area contributed by atoms with E-state index in [0.717, 1.165) is 0 Å². The first kappa shape index (κ1) is 16.2. The van der Waals surface area contributed by atoms with E-state index < -0.39 is 17.6 Å². The number of hydrogen-bond donors (Lipinski definition) is 2. The second kappa shape index (κ2) is 6.45. The van der Waals surface area contributed by atoms with Gasteiger partial charge in [-0.1, -0.05) is 24.3 Å². The third-order valence-corrected chi connectivity index (χ3v) is 4.22. The molecule has 0 radical (unpaired) electrons. The van der Waals surface area contributed by atoms with Crippen molar-refractivity contribution >= 4 is 38.7 Å². The number of hydrazine groups is 1. The second-order valence-corrected chi connectivity index (χ2v) is 5.92. The lowest BCUT2D eigenvalue weighted by molar-refractivity contribution is 0.0831. The highest BCUT2D eigenvalue weighted by molar-refractivity contribution is 9.10. The van der Waals surface area contributed by atoms with Crippen molar-refractivity contribution in [2.45, 2.75) is 6.92 Å². The van der Waals surface area contributed by atoms with Crippen LogP contribution < -0.4 is 10.9 Å². The first-order valence-electron chi connectivity index (χ1n) is 7.02. The quantitative estimate of drug-likeness (QED) is 0.655. The van der Waals surface area contributed by atoms with Gasteiger partial charge >= 0.3 is 5.91 Å². The lowest BCUT2D eigenvalue weighted by Gasteiger charge is -2.07. The highest BCUT2D eigenvalue weighted by Gasteiger charge is 2.20. The van der Waals surface area contributed by atoms with Crippen LogP contribution in [0.15, 0.2) is 51.4 Å². The Kier molecular flexibility index (Phi) is 4.35. The predicted molar refractivity (Wildman–Crippen MR) is 90.0 cm³/mol. The molecule has 1 heterocycles. The number of nitrogens with one attached hydrogen (secondary N) is 2. The molecule has 0 unspecified atom stereocenters. The number of carbonyl (C=O) groups is 2. The summed E-state index contributed by atoms with van der Waals surface area (Å²) in [5, 5.41) is 0.511. The molecule has 0 aliphatic rings. The Morgan fingerprint density at radius 3 is 2.46 bits per heavy atom. The molecule has 2 N–H and O–H groups in total. The van der Waals surface area contributed by atoms with Crippen LogP contribution in [0, 0.1) is 12.7 Å². The number of amides is 2. The van der Waals surface area contributed by atoms with E-state index in [0.29, 0.717) is 21.0 Å². The summed E-state index contributed by atoms with van der Waals surface area (Å²) < 4.78 is 19.6. The van der Waals surface area contributed by atoms with Crippen molar-refractivity contribution in [1.29, 1.82) is 0 Å². The maximum absolute atomic E-state index is 13.7. The van der Waals surface area contributed by atoms with Gasteiger partial charge in [-0.05, 0) is 41.1 Å². The number of aryl methyl sites for hydroxylation is 1. The average molecular weight is 391 g/mol. The van der Waals surface area contributed by atoms with Gasteiger partial charge in [-0.15, -0.1) is 0 Å². The normalized spacial score (nSPS) is 10.6. The molecule has 2 amide bonds. The second-order valence-electron chi connectivity index (χ2n) is 5.06. The van der Waals surface area contributed by atoms with Crippen LogP contribution in [0.3, 0.4) is 0 Å². The highest BCUT2D eigenvalue weighted by Crippen LogP contribution is 2.27. The van der Waals surface area contributed by atoms with E-state index in [-0.39, 0.29) is 11.3 Å². The topological polar surface area (TPSA) is 71.3 Å². The van der Waals surface area contributed by atoms with Crippen LogP contribution in [-0.4, -0.2) is 11.8 Å². The third kappa shape index (κ3) is 2.90. The van der Waals surface area contributed by atoms with Crippen LogP contribution in [0.25, 0.3) is 11.0 Å².